The lowest BCUT2D eigenvalue weighted by Gasteiger charge is -2.28. The van der Waals surface area contributed by atoms with Crippen LogP contribution < -0.4 is 9.64 Å². The molecule has 1 aliphatic rings. The molecule has 0 spiro atoms. The number of Topliss-reactive ketones (excluding diaryl/α,β-unsaturated/α-hetero) is 2. The number of ether oxygens (including phenoxy) is 1. The molecule has 168 valence electrons. The average Bonchev–Trinajstić information content (AvgIpc) is 3.09. The second kappa shape index (κ2) is 9.24. The van der Waals surface area contributed by atoms with Crippen LogP contribution in [0.15, 0.2) is 73.1 Å². The molecule has 1 fully saturated rings. The molecule has 33 heavy (non-hydrogen) atoms. The molecule has 2 unspecified atom stereocenters. The SMILES string of the molecule is COc1ccc(C(=O)C2C(=O)C(=O)N(Cc3ccncc3)C2c2ccc(N(C)C)cc2)cc1. The molecule has 7 nitrogen and oxygen atoms in total. The smallest absolute Gasteiger partial charge is 0.291 e. The molecule has 2 atom stereocenters. The summed E-state index contributed by atoms with van der Waals surface area (Å²) in [6, 6.07) is 17.1. The Morgan fingerprint density at radius 1 is 0.970 bits per heavy atom. The Labute approximate surface area is 192 Å². The third kappa shape index (κ3) is 4.35. The van der Waals surface area contributed by atoms with E-state index in [1.807, 2.05) is 43.3 Å². The van der Waals surface area contributed by atoms with Gasteiger partial charge in [0.15, 0.2) is 5.78 Å². The van der Waals surface area contributed by atoms with Gasteiger partial charge in [0.2, 0.25) is 5.78 Å². The lowest BCUT2D eigenvalue weighted by atomic mass is 9.86. The van der Waals surface area contributed by atoms with Crippen molar-refractivity contribution in [3.05, 3.63) is 89.7 Å². The van der Waals surface area contributed by atoms with Gasteiger partial charge in [0.1, 0.15) is 11.7 Å². The first-order valence-corrected chi connectivity index (χ1v) is 10.6. The van der Waals surface area contributed by atoms with E-state index in [1.165, 1.54) is 4.90 Å². The van der Waals surface area contributed by atoms with Crippen molar-refractivity contribution >= 4 is 23.2 Å². The van der Waals surface area contributed by atoms with E-state index in [4.69, 9.17) is 4.74 Å². The quantitative estimate of drug-likeness (QED) is 0.317. The number of carbonyl (C=O) groups is 3. The van der Waals surface area contributed by atoms with Crippen molar-refractivity contribution in [3.8, 4) is 5.75 Å². The monoisotopic (exact) mass is 443 g/mol. The molecule has 0 bridgehead atoms. The third-order valence-corrected chi connectivity index (χ3v) is 5.92. The van der Waals surface area contributed by atoms with E-state index < -0.39 is 23.7 Å². The summed E-state index contributed by atoms with van der Waals surface area (Å²) in [5.41, 5.74) is 2.91. The highest BCUT2D eigenvalue weighted by Gasteiger charge is 2.51. The van der Waals surface area contributed by atoms with Crippen molar-refractivity contribution in [2.45, 2.75) is 12.6 Å². The lowest BCUT2D eigenvalue weighted by molar-refractivity contribution is -0.141. The highest BCUT2D eigenvalue weighted by atomic mass is 16.5. The zero-order chi connectivity index (χ0) is 23.5. The second-order valence-electron chi connectivity index (χ2n) is 8.15. The predicted octanol–water partition coefficient (Wildman–Crippen LogP) is 3.31. The first kappa shape index (κ1) is 22.2. The molecule has 2 heterocycles. The first-order valence-electron chi connectivity index (χ1n) is 10.6. The van der Waals surface area contributed by atoms with Crippen molar-refractivity contribution in [3.63, 3.8) is 0 Å². The van der Waals surface area contributed by atoms with Gasteiger partial charge in [-0.25, -0.2) is 0 Å². The van der Waals surface area contributed by atoms with Crippen LogP contribution in [0.3, 0.4) is 0 Å². The zero-order valence-electron chi connectivity index (χ0n) is 18.8. The zero-order valence-corrected chi connectivity index (χ0v) is 18.8. The van der Waals surface area contributed by atoms with Crippen molar-refractivity contribution in [2.75, 3.05) is 26.1 Å². The maximum atomic E-state index is 13.5. The second-order valence-corrected chi connectivity index (χ2v) is 8.15. The van der Waals surface area contributed by atoms with Crippen LogP contribution in [-0.4, -0.2) is 48.6 Å². The molecule has 1 aromatic heterocycles. The molecule has 1 amide bonds. The van der Waals surface area contributed by atoms with Gasteiger partial charge in [-0.05, 0) is 59.7 Å². The normalized spacial score (nSPS) is 17.8. The fourth-order valence-electron chi connectivity index (χ4n) is 4.12. The summed E-state index contributed by atoms with van der Waals surface area (Å²) in [5, 5.41) is 0. The van der Waals surface area contributed by atoms with E-state index in [2.05, 4.69) is 4.98 Å². The minimum absolute atomic E-state index is 0.208. The van der Waals surface area contributed by atoms with Crippen LogP contribution in [-0.2, 0) is 16.1 Å². The van der Waals surface area contributed by atoms with Gasteiger partial charge in [-0.15, -0.1) is 0 Å². The topological polar surface area (TPSA) is 79.8 Å². The number of benzene rings is 2. The molecule has 7 heteroatoms. The van der Waals surface area contributed by atoms with E-state index in [0.29, 0.717) is 11.3 Å². The molecule has 1 saturated heterocycles. The van der Waals surface area contributed by atoms with E-state index >= 15 is 0 Å². The number of anilines is 1. The van der Waals surface area contributed by atoms with Gasteiger partial charge >= 0.3 is 0 Å². The van der Waals surface area contributed by atoms with Gasteiger partial charge in [0, 0.05) is 44.3 Å². The highest BCUT2D eigenvalue weighted by molar-refractivity contribution is 6.44. The number of methoxy groups -OCH3 is 1. The van der Waals surface area contributed by atoms with Gasteiger partial charge in [-0.3, -0.25) is 19.4 Å². The van der Waals surface area contributed by atoms with Crippen molar-refractivity contribution in [1.82, 2.24) is 9.88 Å². The Balaban J connectivity index is 1.76. The fraction of sp³-hybridized carbons (Fsp3) is 0.231. The molecular weight excluding hydrogens is 418 g/mol. The standard InChI is InChI=1S/C26H25N3O4/c1-28(2)20-8-4-18(5-9-20)23-22(24(30)19-6-10-21(33-3)11-7-19)25(31)26(32)29(23)16-17-12-14-27-15-13-17/h4-15,22-23H,16H2,1-3H3. The number of carbonyl (C=O) groups excluding carboxylic acids is 3. The van der Waals surface area contributed by atoms with E-state index in [-0.39, 0.29) is 12.3 Å². The Morgan fingerprint density at radius 2 is 1.61 bits per heavy atom. The number of hydrogen-bond acceptors (Lipinski definition) is 6. The van der Waals surface area contributed by atoms with Crippen LogP contribution in [0.25, 0.3) is 0 Å². The largest absolute Gasteiger partial charge is 0.497 e. The number of ketones is 2. The van der Waals surface area contributed by atoms with Crippen LogP contribution in [0.2, 0.25) is 0 Å². The minimum Gasteiger partial charge on any atom is -0.497 e. The summed E-state index contributed by atoms with van der Waals surface area (Å²) in [5.74, 6) is -2.24. The number of aromatic nitrogens is 1. The Morgan fingerprint density at radius 3 is 2.18 bits per heavy atom. The van der Waals surface area contributed by atoms with Crippen molar-refractivity contribution in [1.29, 1.82) is 0 Å². The van der Waals surface area contributed by atoms with E-state index in [0.717, 1.165) is 16.8 Å². The average molecular weight is 444 g/mol. The number of likely N-dealkylation sites (tertiary alicyclic amines) is 1. The maximum Gasteiger partial charge on any atom is 0.291 e. The molecule has 0 saturated carbocycles. The van der Waals surface area contributed by atoms with Gasteiger partial charge in [-0.1, -0.05) is 12.1 Å². The number of pyridine rings is 1. The molecule has 0 aliphatic carbocycles. The molecule has 4 rings (SSSR count). The number of nitrogens with zero attached hydrogens (tertiary/aromatic N) is 3. The van der Waals surface area contributed by atoms with Crippen molar-refractivity contribution < 1.29 is 19.1 Å². The summed E-state index contributed by atoms with van der Waals surface area (Å²) < 4.78 is 5.17. The number of amides is 1. The van der Waals surface area contributed by atoms with Crippen LogP contribution >= 0.6 is 0 Å². The Hall–Kier alpha value is -4.00. The first-order chi connectivity index (χ1) is 15.9. The summed E-state index contributed by atoms with van der Waals surface area (Å²) in [6.45, 7) is 0.208. The molecule has 3 aromatic rings. The molecule has 0 N–H and O–H groups in total. The van der Waals surface area contributed by atoms with Crippen LogP contribution in [0.5, 0.6) is 5.75 Å². The molecular formula is C26H25N3O4. The van der Waals surface area contributed by atoms with Crippen molar-refractivity contribution in [2.24, 2.45) is 5.92 Å². The van der Waals surface area contributed by atoms with Crippen LogP contribution in [0, 0.1) is 5.92 Å². The van der Waals surface area contributed by atoms with Gasteiger partial charge in [0.25, 0.3) is 5.91 Å². The van der Waals surface area contributed by atoms with Crippen LogP contribution in [0.1, 0.15) is 27.5 Å². The highest BCUT2D eigenvalue weighted by Crippen LogP contribution is 2.39. The predicted molar refractivity (Wildman–Crippen MR) is 124 cm³/mol. The maximum absolute atomic E-state index is 13.5. The third-order valence-electron chi connectivity index (χ3n) is 5.92. The summed E-state index contributed by atoms with van der Waals surface area (Å²) >= 11 is 0. The Kier molecular flexibility index (Phi) is 6.22. The number of rotatable bonds is 7. The Bertz CT molecular complexity index is 1160. The van der Waals surface area contributed by atoms with Gasteiger partial charge in [-0.2, -0.15) is 0 Å². The van der Waals surface area contributed by atoms with Crippen LogP contribution in [0.4, 0.5) is 5.69 Å². The number of hydrogen-bond donors (Lipinski definition) is 0. The molecule has 2 aromatic carbocycles. The summed E-state index contributed by atoms with van der Waals surface area (Å²) in [6.07, 6.45) is 3.27. The summed E-state index contributed by atoms with van der Waals surface area (Å²) in [4.78, 5) is 47.2. The van der Waals surface area contributed by atoms with E-state index in [1.54, 1.807) is 55.9 Å². The summed E-state index contributed by atoms with van der Waals surface area (Å²) in [7, 11) is 5.41. The van der Waals surface area contributed by atoms with E-state index in [9.17, 15) is 14.4 Å². The fourth-order valence-corrected chi connectivity index (χ4v) is 4.12. The molecule has 0 radical (unpaired) electrons. The van der Waals surface area contributed by atoms with Gasteiger partial charge < -0.3 is 14.5 Å². The lowest BCUT2D eigenvalue weighted by Crippen LogP contribution is -2.30. The van der Waals surface area contributed by atoms with Gasteiger partial charge in [0.05, 0.1) is 13.2 Å². The molecule has 1 aliphatic heterocycles. The minimum atomic E-state index is -1.13.